The first-order chi connectivity index (χ1) is 17.3. The molecule has 2 N–H and O–H groups in total. The fraction of sp³-hybridized carbons (Fsp3) is 0.600. The van der Waals surface area contributed by atoms with Gasteiger partial charge < -0.3 is 19.7 Å². The van der Waals surface area contributed by atoms with Crippen LogP contribution in [0.25, 0.3) is 0 Å². The Morgan fingerprint density at radius 1 is 1.03 bits per heavy atom. The van der Waals surface area contributed by atoms with Gasteiger partial charge in [0, 0.05) is 45.8 Å². The predicted molar refractivity (Wildman–Crippen MR) is 127 cm³/mol. The van der Waals surface area contributed by atoms with Crippen LogP contribution < -0.4 is 5.32 Å². The number of carbonyl (C=O) groups is 1. The van der Waals surface area contributed by atoms with E-state index in [2.05, 4.69) is 25.0 Å². The number of hydrogen-bond donors (Lipinski definition) is 2. The van der Waals surface area contributed by atoms with E-state index in [9.17, 15) is 23.1 Å². The SMILES string of the molecule is O=C(NCc1cccc(C(F)(F)F)c1)c1coc(CN2CCN(C[C@H](O)CN3CCCCC3)CC2)n1. The van der Waals surface area contributed by atoms with E-state index in [1.165, 1.54) is 37.7 Å². The molecule has 4 rings (SSSR count). The molecule has 1 amide bonds. The number of rotatable bonds is 9. The van der Waals surface area contributed by atoms with Crippen molar-refractivity contribution < 1.29 is 27.5 Å². The zero-order valence-corrected chi connectivity index (χ0v) is 20.3. The van der Waals surface area contributed by atoms with Gasteiger partial charge in [0.1, 0.15) is 6.26 Å². The second-order valence-corrected chi connectivity index (χ2v) is 9.60. The van der Waals surface area contributed by atoms with Crippen LogP contribution in [0.3, 0.4) is 0 Å². The molecule has 0 aliphatic carbocycles. The Bertz CT molecular complexity index is 985. The minimum Gasteiger partial charge on any atom is -0.447 e. The van der Waals surface area contributed by atoms with Gasteiger partial charge in [-0.25, -0.2) is 4.98 Å². The van der Waals surface area contributed by atoms with E-state index in [-0.39, 0.29) is 18.3 Å². The summed E-state index contributed by atoms with van der Waals surface area (Å²) in [5.41, 5.74) is -0.313. The molecular weight excluding hydrogens is 475 g/mol. The second-order valence-electron chi connectivity index (χ2n) is 9.60. The number of aromatic nitrogens is 1. The fourth-order valence-corrected chi connectivity index (χ4v) is 4.74. The van der Waals surface area contributed by atoms with Crippen molar-refractivity contribution in [2.75, 3.05) is 52.4 Å². The summed E-state index contributed by atoms with van der Waals surface area (Å²) in [5, 5.41) is 13.1. The van der Waals surface area contributed by atoms with E-state index in [0.29, 0.717) is 24.5 Å². The van der Waals surface area contributed by atoms with Crippen LogP contribution >= 0.6 is 0 Å². The highest BCUT2D eigenvalue weighted by Crippen LogP contribution is 2.29. The number of oxazole rings is 1. The number of β-amino-alcohol motifs (C(OH)–C–C–N with tert-alkyl or cyclic N) is 1. The van der Waals surface area contributed by atoms with Gasteiger partial charge in [-0.3, -0.25) is 14.6 Å². The van der Waals surface area contributed by atoms with Gasteiger partial charge in [-0.15, -0.1) is 0 Å². The summed E-state index contributed by atoms with van der Waals surface area (Å²) in [5.74, 6) is -0.0901. The number of aliphatic hydroxyl groups is 1. The van der Waals surface area contributed by atoms with E-state index < -0.39 is 17.6 Å². The minimum absolute atomic E-state index is 0.0451. The topological polar surface area (TPSA) is 85.1 Å². The molecule has 2 fully saturated rings. The van der Waals surface area contributed by atoms with Crippen LogP contribution in [0.1, 0.15) is 46.8 Å². The van der Waals surface area contributed by atoms with Gasteiger partial charge >= 0.3 is 6.18 Å². The second kappa shape index (κ2) is 12.2. The lowest BCUT2D eigenvalue weighted by Gasteiger charge is -2.36. The van der Waals surface area contributed by atoms with Gasteiger partial charge in [0.25, 0.3) is 5.91 Å². The lowest BCUT2D eigenvalue weighted by atomic mass is 10.1. The summed E-state index contributed by atoms with van der Waals surface area (Å²) in [7, 11) is 0. The third-order valence-electron chi connectivity index (χ3n) is 6.70. The molecule has 1 atom stereocenters. The van der Waals surface area contributed by atoms with Crippen molar-refractivity contribution in [3.63, 3.8) is 0 Å². The van der Waals surface area contributed by atoms with Crippen molar-refractivity contribution in [3.8, 4) is 0 Å². The van der Waals surface area contributed by atoms with Crippen LogP contribution in [0.15, 0.2) is 34.9 Å². The zero-order valence-electron chi connectivity index (χ0n) is 20.3. The summed E-state index contributed by atoms with van der Waals surface area (Å²) in [6, 6.07) is 4.84. The first kappa shape index (κ1) is 26.6. The predicted octanol–water partition coefficient (Wildman–Crippen LogP) is 2.59. The molecule has 3 heterocycles. The van der Waals surface area contributed by atoms with E-state index >= 15 is 0 Å². The van der Waals surface area contributed by atoms with Crippen LogP contribution in [0, 0.1) is 0 Å². The molecule has 0 radical (unpaired) electrons. The molecule has 36 heavy (non-hydrogen) atoms. The largest absolute Gasteiger partial charge is 0.447 e. The van der Waals surface area contributed by atoms with Gasteiger partial charge in [-0.05, 0) is 43.6 Å². The van der Waals surface area contributed by atoms with E-state index in [0.717, 1.165) is 57.9 Å². The molecule has 2 aliphatic heterocycles. The highest BCUT2D eigenvalue weighted by atomic mass is 19.4. The molecule has 0 saturated carbocycles. The highest BCUT2D eigenvalue weighted by molar-refractivity contribution is 5.91. The normalized spacial score (nSPS) is 19.3. The monoisotopic (exact) mass is 509 g/mol. The average molecular weight is 510 g/mol. The Labute approximate surface area is 209 Å². The van der Waals surface area contributed by atoms with Crippen molar-refractivity contribution >= 4 is 5.91 Å². The molecule has 2 saturated heterocycles. The van der Waals surface area contributed by atoms with E-state index in [1.54, 1.807) is 0 Å². The minimum atomic E-state index is -4.43. The molecule has 0 unspecified atom stereocenters. The fourth-order valence-electron chi connectivity index (χ4n) is 4.74. The van der Waals surface area contributed by atoms with E-state index in [4.69, 9.17) is 4.42 Å². The van der Waals surface area contributed by atoms with Crippen molar-refractivity contribution in [2.45, 2.75) is 44.6 Å². The van der Waals surface area contributed by atoms with Crippen molar-refractivity contribution in [1.29, 1.82) is 0 Å². The smallest absolute Gasteiger partial charge is 0.416 e. The van der Waals surface area contributed by atoms with E-state index in [1.807, 2.05) is 0 Å². The lowest BCUT2D eigenvalue weighted by Crippen LogP contribution is -2.50. The molecular formula is C25H34F3N5O3. The number of alkyl halides is 3. The molecule has 198 valence electrons. The lowest BCUT2D eigenvalue weighted by molar-refractivity contribution is -0.137. The summed E-state index contributed by atoms with van der Waals surface area (Å²) in [6.45, 7) is 7.24. The van der Waals surface area contributed by atoms with Crippen LogP contribution in [-0.2, 0) is 19.3 Å². The number of likely N-dealkylation sites (tertiary alicyclic amines) is 1. The van der Waals surface area contributed by atoms with Crippen LogP contribution in [-0.4, -0.2) is 89.2 Å². The molecule has 2 aliphatic rings. The Kier molecular flexibility index (Phi) is 9.00. The summed E-state index contributed by atoms with van der Waals surface area (Å²) >= 11 is 0. The van der Waals surface area contributed by atoms with Gasteiger partial charge in [0.05, 0.1) is 18.2 Å². The highest BCUT2D eigenvalue weighted by Gasteiger charge is 2.30. The molecule has 2 aromatic rings. The standard InChI is InChI=1S/C25H34F3N5O3/c26-25(27,28)20-6-4-5-19(13-20)14-29-24(35)22-18-36-23(30-22)17-33-11-9-32(10-12-33)16-21(34)15-31-7-2-1-3-8-31/h4-6,13,18,21,34H,1-3,7-12,14-17H2,(H,29,35)/t21-/m1/s1. The van der Waals surface area contributed by atoms with Crippen LogP contribution in [0.5, 0.6) is 0 Å². The summed E-state index contributed by atoms with van der Waals surface area (Å²) in [4.78, 5) is 23.4. The van der Waals surface area contributed by atoms with Crippen LogP contribution in [0.2, 0.25) is 0 Å². The first-order valence-electron chi connectivity index (χ1n) is 12.5. The molecule has 8 nitrogen and oxygen atoms in total. The maximum absolute atomic E-state index is 12.9. The average Bonchev–Trinajstić information content (AvgIpc) is 3.32. The number of halogens is 3. The number of benzene rings is 1. The van der Waals surface area contributed by atoms with Crippen LogP contribution in [0.4, 0.5) is 13.2 Å². The number of aliphatic hydroxyl groups excluding tert-OH is 1. The molecule has 11 heteroatoms. The molecule has 0 bridgehead atoms. The zero-order chi connectivity index (χ0) is 25.5. The maximum Gasteiger partial charge on any atom is 0.416 e. The Hall–Kier alpha value is -2.47. The number of piperidine rings is 1. The van der Waals surface area contributed by atoms with Crippen molar-refractivity contribution in [2.24, 2.45) is 0 Å². The summed E-state index contributed by atoms with van der Waals surface area (Å²) in [6.07, 6.45) is 0.198. The maximum atomic E-state index is 12.9. The number of nitrogens with one attached hydrogen (secondary N) is 1. The van der Waals surface area contributed by atoms with Gasteiger partial charge in [0.2, 0.25) is 5.89 Å². The first-order valence-corrected chi connectivity index (χ1v) is 12.5. The Morgan fingerprint density at radius 3 is 2.39 bits per heavy atom. The van der Waals surface area contributed by atoms with Gasteiger partial charge in [-0.2, -0.15) is 13.2 Å². The summed E-state index contributed by atoms with van der Waals surface area (Å²) < 4.78 is 44.0. The number of nitrogens with zero attached hydrogens (tertiary/aromatic N) is 4. The Balaban J connectivity index is 1.18. The quantitative estimate of drug-likeness (QED) is 0.538. The third-order valence-corrected chi connectivity index (χ3v) is 6.70. The van der Waals surface area contributed by atoms with Crippen molar-refractivity contribution in [1.82, 2.24) is 25.0 Å². The number of hydrogen-bond acceptors (Lipinski definition) is 7. The molecule has 1 aromatic heterocycles. The molecule has 0 spiro atoms. The number of amides is 1. The Morgan fingerprint density at radius 2 is 1.69 bits per heavy atom. The third kappa shape index (κ3) is 7.76. The molecule has 1 aromatic carbocycles. The van der Waals surface area contributed by atoms with Gasteiger partial charge in [0.15, 0.2) is 5.69 Å². The number of carbonyl (C=O) groups excluding carboxylic acids is 1. The van der Waals surface area contributed by atoms with Gasteiger partial charge in [-0.1, -0.05) is 18.6 Å². The number of piperazine rings is 1. The van der Waals surface area contributed by atoms with Crippen molar-refractivity contribution in [3.05, 3.63) is 53.2 Å².